The number of nitrogen functional groups attached to an aromatic ring is 1. The minimum atomic E-state index is -0.535. The Morgan fingerprint density at radius 2 is 2.21 bits per heavy atom. The smallest absolute Gasteiger partial charge is 0.199 e. The number of pyridine rings is 1. The monoisotopic (exact) mass is 484 g/mol. The summed E-state index contributed by atoms with van der Waals surface area (Å²) >= 11 is 8.03. The first-order valence-electron chi connectivity index (χ1n) is 10.4. The van der Waals surface area contributed by atoms with Gasteiger partial charge in [0.1, 0.15) is 17.1 Å². The van der Waals surface area contributed by atoms with Gasteiger partial charge in [-0.05, 0) is 17.6 Å². The van der Waals surface area contributed by atoms with Crippen LogP contribution in [0.2, 0.25) is 0 Å². The number of fused-ring (bicyclic) bond motifs is 3. The second-order valence-corrected chi connectivity index (χ2v) is 9.73. The topological polar surface area (TPSA) is 120 Å². The van der Waals surface area contributed by atoms with E-state index in [0.717, 1.165) is 34.3 Å². The van der Waals surface area contributed by atoms with Gasteiger partial charge in [0, 0.05) is 35.8 Å². The average molecular weight is 485 g/mol. The van der Waals surface area contributed by atoms with E-state index in [1.165, 1.54) is 0 Å². The molecule has 0 bridgehead atoms. The predicted molar refractivity (Wildman–Crippen MR) is 124 cm³/mol. The number of aliphatic hydroxyl groups excluding tert-OH is 1. The van der Waals surface area contributed by atoms with E-state index < -0.39 is 18.0 Å². The Morgan fingerprint density at radius 3 is 2.97 bits per heavy atom. The zero-order valence-corrected chi connectivity index (χ0v) is 18.8. The molecule has 3 aliphatic heterocycles. The number of ether oxygens (including phenoxy) is 1. The van der Waals surface area contributed by atoms with Crippen LogP contribution >= 0.6 is 22.9 Å². The SMILES string of the molecule is N#Cc1c(N)sc2c(F)cnc(C3=C(Cl)C4N=C(N5CCC(O)C5)NC=C4C4=C3COC4)c12. The molecule has 2 atom stereocenters. The van der Waals surface area contributed by atoms with Gasteiger partial charge in [0.2, 0.25) is 0 Å². The van der Waals surface area contributed by atoms with Gasteiger partial charge < -0.3 is 25.8 Å². The van der Waals surface area contributed by atoms with E-state index in [1.54, 1.807) is 0 Å². The molecule has 4 aliphatic rings. The van der Waals surface area contributed by atoms with Crippen LogP contribution in [0.4, 0.5) is 9.39 Å². The molecule has 33 heavy (non-hydrogen) atoms. The van der Waals surface area contributed by atoms with E-state index in [1.807, 2.05) is 11.1 Å². The third kappa shape index (κ3) is 3.00. The molecule has 0 saturated carbocycles. The van der Waals surface area contributed by atoms with Crippen molar-refractivity contribution in [2.45, 2.75) is 18.6 Å². The molecule has 2 aromatic rings. The van der Waals surface area contributed by atoms with Crippen molar-refractivity contribution < 1.29 is 14.2 Å². The van der Waals surface area contributed by atoms with Gasteiger partial charge in [-0.2, -0.15) is 5.26 Å². The lowest BCUT2D eigenvalue weighted by molar-refractivity contribution is 0.188. The van der Waals surface area contributed by atoms with Crippen molar-refractivity contribution in [2.24, 2.45) is 4.99 Å². The number of rotatable bonds is 1. The predicted octanol–water partition coefficient (Wildman–Crippen LogP) is 2.46. The lowest BCUT2D eigenvalue weighted by atomic mass is 9.83. The number of halogens is 2. The fourth-order valence-electron chi connectivity index (χ4n) is 4.84. The number of nitrogens with zero attached hydrogens (tertiary/aromatic N) is 4. The van der Waals surface area contributed by atoms with Crippen molar-refractivity contribution in [3.63, 3.8) is 0 Å². The van der Waals surface area contributed by atoms with Crippen LogP contribution in [0.15, 0.2) is 39.1 Å². The first-order chi connectivity index (χ1) is 16.0. The molecule has 11 heteroatoms. The second-order valence-electron chi connectivity index (χ2n) is 8.27. The number of anilines is 1. The molecule has 4 N–H and O–H groups in total. The molecule has 2 unspecified atom stereocenters. The summed E-state index contributed by atoms with van der Waals surface area (Å²) in [6, 6.07) is 1.59. The minimum absolute atomic E-state index is 0.192. The molecule has 0 spiro atoms. The molecule has 6 rings (SSSR count). The van der Waals surface area contributed by atoms with Crippen LogP contribution in [0.1, 0.15) is 17.7 Å². The van der Waals surface area contributed by atoms with E-state index in [0.29, 0.717) is 60.4 Å². The molecule has 1 aliphatic carbocycles. The Bertz CT molecular complexity index is 1390. The molecule has 0 radical (unpaired) electrons. The number of nitrogens with two attached hydrogens (primary N) is 1. The Hall–Kier alpha value is -2.97. The standard InChI is InChI=1S/C22H18ClFN6O2S/c23-17-15(19-16-10(3-25)21(26)33-20(16)14(24)5-27-19)13-8-32-7-12(13)11-4-28-22(29-18(11)17)30-2-1-9(31)6-30/h4-5,9,18,31H,1-2,6-8,26H2,(H,28,29). The number of aliphatic imine (C=N–C) groups is 1. The molecule has 1 saturated heterocycles. The Balaban J connectivity index is 1.56. The van der Waals surface area contributed by atoms with Gasteiger partial charge in [0.05, 0.1) is 46.5 Å². The summed E-state index contributed by atoms with van der Waals surface area (Å²) in [6.45, 7) is 1.89. The number of β-amino-alcohol motifs (C(OH)–C–C–N with tert-alkyl or cyclic N) is 1. The lowest BCUT2D eigenvalue weighted by Gasteiger charge is -2.32. The van der Waals surface area contributed by atoms with Gasteiger partial charge >= 0.3 is 0 Å². The largest absolute Gasteiger partial charge is 0.391 e. The quantitative estimate of drug-likeness (QED) is 0.568. The van der Waals surface area contributed by atoms with Crippen LogP contribution in [0, 0.1) is 17.1 Å². The summed E-state index contributed by atoms with van der Waals surface area (Å²) in [5.74, 6) is 0.0992. The van der Waals surface area contributed by atoms with Gasteiger partial charge in [-0.3, -0.25) is 4.98 Å². The summed E-state index contributed by atoms with van der Waals surface area (Å²) in [7, 11) is 0. The van der Waals surface area contributed by atoms with Crippen molar-refractivity contribution in [2.75, 3.05) is 32.0 Å². The maximum atomic E-state index is 14.6. The van der Waals surface area contributed by atoms with Gasteiger partial charge in [0.15, 0.2) is 11.8 Å². The van der Waals surface area contributed by atoms with Crippen LogP contribution in [0.3, 0.4) is 0 Å². The van der Waals surface area contributed by atoms with Gasteiger partial charge in [-0.15, -0.1) is 11.3 Å². The fraction of sp³-hybridized carbons (Fsp3) is 0.318. The van der Waals surface area contributed by atoms with Crippen LogP contribution in [-0.4, -0.2) is 59.4 Å². The number of guanidine groups is 1. The summed E-state index contributed by atoms with van der Waals surface area (Å²) in [5, 5.41) is 23.9. The molecule has 168 valence electrons. The summed E-state index contributed by atoms with van der Waals surface area (Å²) in [4.78, 5) is 11.2. The first-order valence-corrected chi connectivity index (χ1v) is 11.6. The van der Waals surface area contributed by atoms with E-state index in [-0.39, 0.29) is 15.3 Å². The number of nitrogens with one attached hydrogen (secondary N) is 1. The highest BCUT2D eigenvalue weighted by atomic mass is 35.5. The number of thiophene rings is 1. The highest BCUT2D eigenvalue weighted by Gasteiger charge is 2.39. The van der Waals surface area contributed by atoms with E-state index >= 15 is 0 Å². The summed E-state index contributed by atoms with van der Waals surface area (Å²) in [5.41, 5.74) is 9.95. The molecule has 8 nitrogen and oxygen atoms in total. The highest BCUT2D eigenvalue weighted by molar-refractivity contribution is 7.23. The Morgan fingerprint density at radius 1 is 1.39 bits per heavy atom. The Kier molecular flexibility index (Phi) is 4.71. The number of aliphatic hydroxyl groups is 1. The van der Waals surface area contributed by atoms with Crippen LogP contribution in [0.25, 0.3) is 15.7 Å². The van der Waals surface area contributed by atoms with E-state index in [2.05, 4.69) is 16.4 Å². The number of nitriles is 1. The number of likely N-dealkylation sites (tertiary alicyclic amines) is 1. The second kappa shape index (κ2) is 7.53. The van der Waals surface area contributed by atoms with Crippen LogP contribution in [0.5, 0.6) is 0 Å². The Labute approximate surface area is 197 Å². The minimum Gasteiger partial charge on any atom is -0.391 e. The lowest BCUT2D eigenvalue weighted by Crippen LogP contribution is -2.42. The normalized spacial score (nSPS) is 24.5. The molecule has 0 amide bonds. The van der Waals surface area contributed by atoms with Gasteiger partial charge in [-0.25, -0.2) is 9.38 Å². The number of aromatic nitrogens is 1. The number of hydrogen-bond acceptors (Lipinski definition) is 9. The molecule has 1 fully saturated rings. The highest BCUT2D eigenvalue weighted by Crippen LogP contribution is 2.48. The zero-order valence-electron chi connectivity index (χ0n) is 17.2. The summed E-state index contributed by atoms with van der Waals surface area (Å²) in [6.07, 6.45) is 3.30. The van der Waals surface area contributed by atoms with Crippen LogP contribution in [-0.2, 0) is 4.74 Å². The van der Waals surface area contributed by atoms with Gasteiger partial charge in [-0.1, -0.05) is 11.6 Å². The first kappa shape index (κ1) is 20.6. The maximum Gasteiger partial charge on any atom is 0.199 e. The van der Waals surface area contributed by atoms with E-state index in [4.69, 9.17) is 27.1 Å². The zero-order chi connectivity index (χ0) is 22.9. The molecule has 0 aromatic carbocycles. The van der Waals surface area contributed by atoms with Crippen molar-refractivity contribution in [1.29, 1.82) is 5.26 Å². The van der Waals surface area contributed by atoms with Crippen LogP contribution < -0.4 is 11.1 Å². The molecular weight excluding hydrogens is 467 g/mol. The average Bonchev–Trinajstić information content (AvgIpc) is 3.53. The maximum absolute atomic E-state index is 14.6. The van der Waals surface area contributed by atoms with Crippen molar-refractivity contribution >= 4 is 49.6 Å². The van der Waals surface area contributed by atoms with Crippen molar-refractivity contribution in [1.82, 2.24) is 15.2 Å². The summed E-state index contributed by atoms with van der Waals surface area (Å²) < 4.78 is 20.6. The van der Waals surface area contributed by atoms with Crippen molar-refractivity contribution in [3.8, 4) is 6.07 Å². The third-order valence-corrected chi connectivity index (χ3v) is 7.82. The molecule has 2 aromatic heterocycles. The fourth-order valence-corrected chi connectivity index (χ4v) is 6.13. The van der Waals surface area contributed by atoms with Crippen molar-refractivity contribution in [3.05, 3.63) is 51.2 Å². The molecule has 5 heterocycles. The third-order valence-electron chi connectivity index (χ3n) is 6.40. The van der Waals surface area contributed by atoms with E-state index in [9.17, 15) is 14.8 Å². The number of hydrogen-bond donors (Lipinski definition) is 3. The molecular formula is C22H18ClFN6O2S. The van der Waals surface area contributed by atoms with Gasteiger partial charge in [0.25, 0.3) is 0 Å².